The van der Waals surface area contributed by atoms with Gasteiger partial charge in [0.05, 0.1) is 0 Å². The third-order valence-electron chi connectivity index (χ3n) is 4.89. The molecule has 2 N–H and O–H groups in total. The molecule has 0 bridgehead atoms. The van der Waals surface area contributed by atoms with E-state index in [1.165, 1.54) is 25.7 Å². The molecule has 0 aromatic heterocycles. The van der Waals surface area contributed by atoms with E-state index < -0.39 is 5.60 Å². The SMILES string of the molecule is CN=C(NCCCN1CCN(C(=O)OC(C)(C)C)CC1)NC1CCCC1.I. The van der Waals surface area contributed by atoms with E-state index in [0.717, 1.165) is 51.6 Å². The number of nitrogens with zero attached hydrogens (tertiary/aromatic N) is 3. The summed E-state index contributed by atoms with van der Waals surface area (Å²) >= 11 is 0. The number of amides is 1. The topological polar surface area (TPSA) is 69.2 Å². The molecule has 0 atom stereocenters. The molecule has 1 saturated heterocycles. The molecule has 1 aliphatic heterocycles. The number of halogens is 1. The Balaban J connectivity index is 0.00000364. The van der Waals surface area contributed by atoms with Gasteiger partial charge in [-0.25, -0.2) is 4.79 Å². The van der Waals surface area contributed by atoms with Crippen LogP contribution in [0.4, 0.5) is 4.79 Å². The molecule has 1 amide bonds. The lowest BCUT2D eigenvalue weighted by atomic mass is 10.2. The summed E-state index contributed by atoms with van der Waals surface area (Å²) in [5.41, 5.74) is -0.426. The Hall–Kier alpha value is -0.770. The molecule has 0 radical (unpaired) electrons. The van der Waals surface area contributed by atoms with Gasteiger partial charge in [-0.1, -0.05) is 12.8 Å². The molecule has 158 valence electrons. The van der Waals surface area contributed by atoms with Crippen LogP contribution in [0.2, 0.25) is 0 Å². The monoisotopic (exact) mass is 495 g/mol. The lowest BCUT2D eigenvalue weighted by Crippen LogP contribution is -2.50. The number of carbonyl (C=O) groups is 1. The quantitative estimate of drug-likeness (QED) is 0.266. The number of ether oxygens (including phenoxy) is 1. The van der Waals surface area contributed by atoms with Gasteiger partial charge in [-0.2, -0.15) is 0 Å². The normalized spacial score (nSPS) is 19.6. The molecule has 2 rings (SSSR count). The molecule has 2 aliphatic rings. The van der Waals surface area contributed by atoms with E-state index in [0.29, 0.717) is 6.04 Å². The van der Waals surface area contributed by atoms with E-state index >= 15 is 0 Å². The lowest BCUT2D eigenvalue weighted by Gasteiger charge is -2.35. The van der Waals surface area contributed by atoms with Crippen molar-refractivity contribution in [3.8, 4) is 0 Å². The number of piperazine rings is 1. The number of aliphatic imine (C=N–C) groups is 1. The van der Waals surface area contributed by atoms with Crippen LogP contribution in [0.3, 0.4) is 0 Å². The number of guanidine groups is 1. The van der Waals surface area contributed by atoms with Gasteiger partial charge in [0, 0.05) is 45.8 Å². The lowest BCUT2D eigenvalue weighted by molar-refractivity contribution is 0.0145. The van der Waals surface area contributed by atoms with Gasteiger partial charge in [-0.05, 0) is 46.6 Å². The van der Waals surface area contributed by atoms with Crippen LogP contribution >= 0.6 is 24.0 Å². The van der Waals surface area contributed by atoms with Crippen molar-refractivity contribution in [3.63, 3.8) is 0 Å². The number of hydrogen-bond acceptors (Lipinski definition) is 4. The molecule has 8 heteroatoms. The summed E-state index contributed by atoms with van der Waals surface area (Å²) in [5.74, 6) is 0.923. The highest BCUT2D eigenvalue weighted by Gasteiger charge is 2.25. The number of carbonyl (C=O) groups excluding carboxylic acids is 1. The van der Waals surface area contributed by atoms with Crippen LogP contribution in [0.15, 0.2) is 4.99 Å². The van der Waals surface area contributed by atoms with E-state index in [9.17, 15) is 4.79 Å². The smallest absolute Gasteiger partial charge is 0.410 e. The van der Waals surface area contributed by atoms with Gasteiger partial charge < -0.3 is 20.3 Å². The van der Waals surface area contributed by atoms with E-state index in [4.69, 9.17) is 4.74 Å². The molecule has 7 nitrogen and oxygen atoms in total. The molecule has 2 fully saturated rings. The molecular weight excluding hydrogens is 457 g/mol. The van der Waals surface area contributed by atoms with Crippen molar-refractivity contribution in [1.82, 2.24) is 20.4 Å². The minimum absolute atomic E-state index is 0. The van der Waals surface area contributed by atoms with Crippen LogP contribution in [0.1, 0.15) is 52.9 Å². The third-order valence-corrected chi connectivity index (χ3v) is 4.89. The standard InChI is InChI=1S/C19H37N5O2.HI/c1-19(2,3)26-18(25)24-14-12-23(13-15-24)11-7-10-21-17(20-4)22-16-8-5-6-9-16;/h16H,5-15H2,1-4H3,(H2,20,21,22);1H. The van der Waals surface area contributed by atoms with Crippen molar-refractivity contribution >= 4 is 36.0 Å². The van der Waals surface area contributed by atoms with E-state index in [1.54, 1.807) is 0 Å². The fourth-order valence-corrected chi connectivity index (χ4v) is 3.45. The largest absolute Gasteiger partial charge is 0.444 e. The van der Waals surface area contributed by atoms with E-state index in [-0.39, 0.29) is 30.1 Å². The zero-order chi connectivity index (χ0) is 19.0. The molecule has 0 spiro atoms. The average molecular weight is 495 g/mol. The molecular formula is C19H38IN5O2. The summed E-state index contributed by atoms with van der Waals surface area (Å²) in [6, 6.07) is 0.585. The average Bonchev–Trinajstić information content (AvgIpc) is 3.09. The van der Waals surface area contributed by atoms with Crippen LogP contribution in [0.25, 0.3) is 0 Å². The molecule has 0 aromatic carbocycles. The Morgan fingerprint density at radius 3 is 2.33 bits per heavy atom. The van der Waals surface area contributed by atoms with Gasteiger partial charge in [0.1, 0.15) is 5.60 Å². The Bertz CT molecular complexity index is 467. The maximum Gasteiger partial charge on any atom is 0.410 e. The summed E-state index contributed by atoms with van der Waals surface area (Å²) in [6.07, 6.45) is 6.03. The Morgan fingerprint density at radius 1 is 1.15 bits per heavy atom. The molecule has 0 aromatic rings. The van der Waals surface area contributed by atoms with Gasteiger partial charge in [0.15, 0.2) is 5.96 Å². The zero-order valence-corrected chi connectivity index (χ0v) is 19.8. The van der Waals surface area contributed by atoms with Crippen molar-refractivity contribution in [2.24, 2.45) is 4.99 Å². The van der Waals surface area contributed by atoms with Crippen molar-refractivity contribution in [3.05, 3.63) is 0 Å². The van der Waals surface area contributed by atoms with Crippen molar-refractivity contribution in [1.29, 1.82) is 0 Å². The third kappa shape index (κ3) is 9.32. The maximum absolute atomic E-state index is 12.1. The van der Waals surface area contributed by atoms with Crippen molar-refractivity contribution in [2.45, 2.75) is 64.5 Å². The first-order chi connectivity index (χ1) is 12.4. The first-order valence-electron chi connectivity index (χ1n) is 10.0. The van der Waals surface area contributed by atoms with Gasteiger partial charge in [0.25, 0.3) is 0 Å². The van der Waals surface area contributed by atoms with Crippen LogP contribution in [0.5, 0.6) is 0 Å². The fraction of sp³-hybridized carbons (Fsp3) is 0.895. The second-order valence-corrected chi connectivity index (χ2v) is 8.29. The van der Waals surface area contributed by atoms with Gasteiger partial charge in [-0.15, -0.1) is 24.0 Å². The molecule has 0 unspecified atom stereocenters. The number of rotatable bonds is 5. The summed E-state index contributed by atoms with van der Waals surface area (Å²) in [4.78, 5) is 20.6. The summed E-state index contributed by atoms with van der Waals surface area (Å²) in [5, 5.41) is 6.92. The van der Waals surface area contributed by atoms with Crippen molar-refractivity contribution in [2.75, 3.05) is 46.3 Å². The Labute approximate surface area is 181 Å². The predicted octanol–water partition coefficient (Wildman–Crippen LogP) is 2.65. The van der Waals surface area contributed by atoms with E-state index in [1.807, 2.05) is 32.7 Å². The van der Waals surface area contributed by atoms with Gasteiger partial charge in [0.2, 0.25) is 0 Å². The molecule has 27 heavy (non-hydrogen) atoms. The van der Waals surface area contributed by atoms with Gasteiger partial charge >= 0.3 is 6.09 Å². The summed E-state index contributed by atoms with van der Waals surface area (Å²) in [6.45, 7) is 11.0. The second-order valence-electron chi connectivity index (χ2n) is 8.29. The predicted molar refractivity (Wildman–Crippen MR) is 121 cm³/mol. The van der Waals surface area contributed by atoms with Crippen LogP contribution in [0, 0.1) is 0 Å². The number of hydrogen-bond donors (Lipinski definition) is 2. The molecule has 1 aliphatic carbocycles. The van der Waals surface area contributed by atoms with E-state index in [2.05, 4.69) is 20.5 Å². The van der Waals surface area contributed by atoms with Crippen LogP contribution in [-0.4, -0.2) is 79.8 Å². The van der Waals surface area contributed by atoms with Crippen LogP contribution in [-0.2, 0) is 4.74 Å². The van der Waals surface area contributed by atoms with Crippen LogP contribution < -0.4 is 10.6 Å². The second kappa shape index (κ2) is 11.9. The zero-order valence-electron chi connectivity index (χ0n) is 17.4. The minimum atomic E-state index is -0.426. The first kappa shape index (κ1) is 24.3. The molecule has 1 heterocycles. The first-order valence-corrected chi connectivity index (χ1v) is 10.0. The fourth-order valence-electron chi connectivity index (χ4n) is 3.45. The highest BCUT2D eigenvalue weighted by Crippen LogP contribution is 2.17. The molecule has 1 saturated carbocycles. The minimum Gasteiger partial charge on any atom is -0.444 e. The maximum atomic E-state index is 12.1. The Kier molecular flexibility index (Phi) is 10.7. The van der Waals surface area contributed by atoms with Crippen molar-refractivity contribution < 1.29 is 9.53 Å². The number of nitrogens with one attached hydrogen (secondary N) is 2. The Morgan fingerprint density at radius 2 is 1.78 bits per heavy atom. The van der Waals surface area contributed by atoms with Gasteiger partial charge in [-0.3, -0.25) is 9.89 Å². The highest BCUT2D eigenvalue weighted by molar-refractivity contribution is 14.0. The highest BCUT2D eigenvalue weighted by atomic mass is 127. The summed E-state index contributed by atoms with van der Waals surface area (Å²) < 4.78 is 5.44. The summed E-state index contributed by atoms with van der Waals surface area (Å²) in [7, 11) is 1.83.